The van der Waals surface area contributed by atoms with Gasteiger partial charge in [-0.05, 0) is 47.7 Å². The number of rotatable bonds is 5. The Balaban J connectivity index is 2.83. The number of benzene rings is 1. The molecule has 0 aliphatic carbocycles. The Labute approximate surface area is 114 Å². The molecule has 4 nitrogen and oxygen atoms in total. The Morgan fingerprint density at radius 1 is 1.53 bits per heavy atom. The molecule has 0 amide bonds. The Morgan fingerprint density at radius 3 is 2.82 bits per heavy atom. The van der Waals surface area contributed by atoms with Gasteiger partial charge in [-0.15, -0.1) is 0 Å². The van der Waals surface area contributed by atoms with Crippen LogP contribution in [0.2, 0.25) is 0 Å². The van der Waals surface area contributed by atoms with Crippen LogP contribution < -0.4 is 4.74 Å². The lowest BCUT2D eigenvalue weighted by Gasteiger charge is -2.14. The zero-order valence-corrected chi connectivity index (χ0v) is 11.9. The molecule has 0 saturated heterocycles. The van der Waals surface area contributed by atoms with E-state index in [0.717, 1.165) is 3.57 Å². The molecule has 0 aromatic heterocycles. The predicted octanol–water partition coefficient (Wildman–Crippen LogP) is 2.29. The maximum Gasteiger partial charge on any atom is 0.308 e. The summed E-state index contributed by atoms with van der Waals surface area (Å²) in [4.78, 5) is 11.3. The normalized spacial score (nSPS) is 12.0. The SMILES string of the molecule is CCOC(=O)CC(O)c1cc(I)ccc1OC. The second-order valence-electron chi connectivity index (χ2n) is 3.41. The molecule has 0 aliphatic rings. The van der Waals surface area contributed by atoms with Gasteiger partial charge >= 0.3 is 5.97 Å². The number of aliphatic hydroxyl groups excluding tert-OH is 1. The number of ether oxygens (including phenoxy) is 2. The molecule has 1 aromatic rings. The van der Waals surface area contributed by atoms with Crippen LogP contribution in [-0.4, -0.2) is 24.8 Å². The van der Waals surface area contributed by atoms with E-state index in [1.165, 1.54) is 7.11 Å². The molecule has 1 atom stereocenters. The number of aliphatic hydroxyl groups is 1. The zero-order chi connectivity index (χ0) is 12.8. The van der Waals surface area contributed by atoms with Crippen molar-refractivity contribution in [2.24, 2.45) is 0 Å². The summed E-state index contributed by atoms with van der Waals surface area (Å²) in [6.45, 7) is 2.05. The first-order valence-electron chi connectivity index (χ1n) is 5.25. The Bertz CT molecular complexity index is 392. The maximum absolute atomic E-state index is 11.3. The first-order valence-corrected chi connectivity index (χ1v) is 6.33. The molecule has 0 radical (unpaired) electrons. The van der Waals surface area contributed by atoms with Crippen molar-refractivity contribution in [3.63, 3.8) is 0 Å². The molecular weight excluding hydrogens is 335 g/mol. The highest BCUT2D eigenvalue weighted by molar-refractivity contribution is 14.1. The van der Waals surface area contributed by atoms with Gasteiger partial charge in [0.25, 0.3) is 0 Å². The number of carbonyl (C=O) groups is 1. The maximum atomic E-state index is 11.3. The smallest absolute Gasteiger partial charge is 0.308 e. The summed E-state index contributed by atoms with van der Waals surface area (Å²) in [7, 11) is 1.53. The minimum absolute atomic E-state index is 0.0652. The van der Waals surface area contributed by atoms with Crippen molar-refractivity contribution in [2.45, 2.75) is 19.4 Å². The van der Waals surface area contributed by atoms with Crippen LogP contribution in [0.4, 0.5) is 0 Å². The summed E-state index contributed by atoms with van der Waals surface area (Å²) in [5, 5.41) is 9.97. The number of hydrogen-bond donors (Lipinski definition) is 1. The van der Waals surface area contributed by atoms with Gasteiger partial charge in [0, 0.05) is 9.13 Å². The topological polar surface area (TPSA) is 55.8 Å². The first kappa shape index (κ1) is 14.2. The van der Waals surface area contributed by atoms with Crippen LogP contribution in [0.5, 0.6) is 5.75 Å². The van der Waals surface area contributed by atoms with Crippen molar-refractivity contribution in [3.05, 3.63) is 27.3 Å². The highest BCUT2D eigenvalue weighted by atomic mass is 127. The zero-order valence-electron chi connectivity index (χ0n) is 9.77. The molecule has 0 bridgehead atoms. The lowest BCUT2D eigenvalue weighted by atomic mass is 10.1. The van der Waals surface area contributed by atoms with Crippen LogP contribution in [0, 0.1) is 3.57 Å². The summed E-state index contributed by atoms with van der Waals surface area (Å²) in [5.74, 6) is 0.156. The van der Waals surface area contributed by atoms with Gasteiger partial charge in [0.05, 0.1) is 26.2 Å². The molecule has 0 spiro atoms. The standard InChI is InChI=1S/C12H15IO4/c1-3-17-12(15)7-10(14)9-6-8(13)4-5-11(9)16-2/h4-6,10,14H,3,7H2,1-2H3. The van der Waals surface area contributed by atoms with E-state index < -0.39 is 12.1 Å². The third kappa shape index (κ3) is 4.16. The number of carbonyl (C=O) groups excluding carboxylic acids is 1. The summed E-state index contributed by atoms with van der Waals surface area (Å²) in [5.41, 5.74) is 0.604. The van der Waals surface area contributed by atoms with E-state index in [1.807, 2.05) is 6.07 Å². The van der Waals surface area contributed by atoms with E-state index in [4.69, 9.17) is 9.47 Å². The van der Waals surface area contributed by atoms with Crippen LogP contribution in [0.15, 0.2) is 18.2 Å². The molecule has 1 aromatic carbocycles. The van der Waals surface area contributed by atoms with E-state index in [0.29, 0.717) is 17.9 Å². The minimum atomic E-state index is -0.904. The minimum Gasteiger partial charge on any atom is -0.496 e. The summed E-state index contributed by atoms with van der Waals surface area (Å²) in [6, 6.07) is 5.44. The number of esters is 1. The highest BCUT2D eigenvalue weighted by Crippen LogP contribution is 2.29. The molecule has 1 unspecified atom stereocenters. The molecule has 1 N–H and O–H groups in total. The van der Waals surface area contributed by atoms with Crippen LogP contribution >= 0.6 is 22.6 Å². The van der Waals surface area contributed by atoms with Crippen molar-refractivity contribution >= 4 is 28.6 Å². The lowest BCUT2D eigenvalue weighted by Crippen LogP contribution is -2.11. The molecule has 5 heteroatoms. The summed E-state index contributed by atoms with van der Waals surface area (Å²) in [6.07, 6.45) is -0.969. The van der Waals surface area contributed by atoms with E-state index in [2.05, 4.69) is 22.6 Å². The molecule has 0 aliphatic heterocycles. The van der Waals surface area contributed by atoms with Gasteiger partial charge in [-0.25, -0.2) is 0 Å². The third-order valence-electron chi connectivity index (χ3n) is 2.22. The third-order valence-corrected chi connectivity index (χ3v) is 2.89. The summed E-state index contributed by atoms with van der Waals surface area (Å²) >= 11 is 2.14. The van der Waals surface area contributed by atoms with Gasteiger partial charge in [0.15, 0.2) is 0 Å². The van der Waals surface area contributed by atoms with Crippen molar-refractivity contribution in [1.29, 1.82) is 0 Å². The number of hydrogen-bond acceptors (Lipinski definition) is 4. The second-order valence-corrected chi connectivity index (χ2v) is 4.66. The van der Waals surface area contributed by atoms with Gasteiger partial charge in [0.2, 0.25) is 0 Å². The summed E-state index contributed by atoms with van der Waals surface area (Å²) < 4.78 is 10.9. The van der Waals surface area contributed by atoms with Gasteiger partial charge < -0.3 is 14.6 Å². The van der Waals surface area contributed by atoms with Gasteiger partial charge in [0.1, 0.15) is 5.75 Å². The molecule has 0 heterocycles. The van der Waals surface area contributed by atoms with E-state index in [1.54, 1.807) is 19.1 Å². The van der Waals surface area contributed by atoms with Gasteiger partial charge in [-0.2, -0.15) is 0 Å². The number of methoxy groups -OCH3 is 1. The Morgan fingerprint density at radius 2 is 2.24 bits per heavy atom. The average Bonchev–Trinajstić information content (AvgIpc) is 2.29. The molecule has 1 rings (SSSR count). The van der Waals surface area contributed by atoms with Crippen LogP contribution in [0.25, 0.3) is 0 Å². The fourth-order valence-corrected chi connectivity index (χ4v) is 1.97. The van der Waals surface area contributed by atoms with Crippen LogP contribution in [-0.2, 0) is 9.53 Å². The Hall–Kier alpha value is -0.820. The number of halogens is 1. The predicted molar refractivity (Wildman–Crippen MR) is 71.9 cm³/mol. The quantitative estimate of drug-likeness (QED) is 0.654. The average molecular weight is 350 g/mol. The van der Waals surface area contributed by atoms with Crippen LogP contribution in [0.3, 0.4) is 0 Å². The van der Waals surface area contributed by atoms with Crippen molar-refractivity contribution in [2.75, 3.05) is 13.7 Å². The van der Waals surface area contributed by atoms with Gasteiger partial charge in [-0.3, -0.25) is 4.79 Å². The molecule has 0 fully saturated rings. The van der Waals surface area contributed by atoms with Crippen molar-refractivity contribution in [1.82, 2.24) is 0 Å². The van der Waals surface area contributed by atoms with Crippen LogP contribution in [0.1, 0.15) is 25.0 Å². The highest BCUT2D eigenvalue weighted by Gasteiger charge is 2.18. The fraction of sp³-hybridized carbons (Fsp3) is 0.417. The fourth-order valence-electron chi connectivity index (χ4n) is 1.45. The Kier molecular flexibility index (Phi) is 5.70. The first-order chi connectivity index (χ1) is 8.08. The molecule has 94 valence electrons. The molecular formula is C12H15IO4. The van der Waals surface area contributed by atoms with Crippen molar-refractivity contribution in [3.8, 4) is 5.75 Å². The largest absolute Gasteiger partial charge is 0.496 e. The van der Waals surface area contributed by atoms with E-state index in [9.17, 15) is 9.90 Å². The molecule has 17 heavy (non-hydrogen) atoms. The van der Waals surface area contributed by atoms with E-state index in [-0.39, 0.29) is 6.42 Å². The van der Waals surface area contributed by atoms with E-state index >= 15 is 0 Å². The van der Waals surface area contributed by atoms with Gasteiger partial charge in [-0.1, -0.05) is 0 Å². The molecule has 0 saturated carbocycles. The van der Waals surface area contributed by atoms with Crippen molar-refractivity contribution < 1.29 is 19.4 Å². The lowest BCUT2D eigenvalue weighted by molar-refractivity contribution is -0.145. The monoisotopic (exact) mass is 350 g/mol. The second kappa shape index (κ2) is 6.80.